The minimum absolute atomic E-state index is 0.132. The average Bonchev–Trinajstić information content (AvgIpc) is 3.09. The Labute approximate surface area is 196 Å². The molecule has 0 spiro atoms. The molecule has 3 aromatic rings. The van der Waals surface area contributed by atoms with Crippen LogP contribution in [0.2, 0.25) is 0 Å². The van der Waals surface area contributed by atoms with Crippen molar-refractivity contribution in [3.8, 4) is 11.5 Å². The van der Waals surface area contributed by atoms with E-state index in [0.29, 0.717) is 41.0 Å². The van der Waals surface area contributed by atoms with Crippen molar-refractivity contribution in [2.24, 2.45) is 0 Å². The molecule has 0 aliphatic heterocycles. The summed E-state index contributed by atoms with van der Waals surface area (Å²) < 4.78 is 53.7. The minimum Gasteiger partial charge on any atom is -0.492 e. The highest BCUT2D eigenvalue weighted by Crippen LogP contribution is 2.36. The van der Waals surface area contributed by atoms with E-state index in [4.69, 9.17) is 14.6 Å². The SMILES string of the molecule is CCCN(CCOc1ccc(OCC(=O)O)c(C)c1)S(=O)(=O)c1sc2ccc(F)cc2c1C. The smallest absolute Gasteiger partial charge is 0.341 e. The molecule has 33 heavy (non-hydrogen) atoms. The van der Waals surface area contributed by atoms with Gasteiger partial charge >= 0.3 is 5.97 Å². The first-order chi connectivity index (χ1) is 15.6. The zero-order valence-corrected chi connectivity index (χ0v) is 20.3. The molecular formula is C23H26FNO6S2. The third kappa shape index (κ3) is 5.82. The Kier molecular flexibility index (Phi) is 7.93. The van der Waals surface area contributed by atoms with Gasteiger partial charge in [-0.3, -0.25) is 0 Å². The van der Waals surface area contributed by atoms with E-state index in [0.717, 1.165) is 16.0 Å². The zero-order chi connectivity index (χ0) is 24.2. The molecule has 0 amide bonds. The normalized spacial score (nSPS) is 11.8. The van der Waals surface area contributed by atoms with Crippen molar-refractivity contribution < 1.29 is 32.2 Å². The number of hydrogen-bond acceptors (Lipinski definition) is 6. The van der Waals surface area contributed by atoms with Gasteiger partial charge in [-0.25, -0.2) is 17.6 Å². The monoisotopic (exact) mass is 495 g/mol. The summed E-state index contributed by atoms with van der Waals surface area (Å²) in [6, 6.07) is 9.26. The largest absolute Gasteiger partial charge is 0.492 e. The fraction of sp³-hybridized carbons (Fsp3) is 0.348. The van der Waals surface area contributed by atoms with Gasteiger partial charge in [0, 0.05) is 17.8 Å². The molecule has 3 rings (SSSR count). The Morgan fingerprint density at radius 1 is 1.12 bits per heavy atom. The summed E-state index contributed by atoms with van der Waals surface area (Å²) in [5, 5.41) is 9.33. The van der Waals surface area contributed by atoms with Crippen LogP contribution in [0, 0.1) is 19.7 Å². The van der Waals surface area contributed by atoms with Gasteiger partial charge in [0.15, 0.2) is 6.61 Å². The van der Waals surface area contributed by atoms with Crippen LogP contribution in [0.3, 0.4) is 0 Å². The van der Waals surface area contributed by atoms with Crippen molar-refractivity contribution in [1.82, 2.24) is 4.31 Å². The lowest BCUT2D eigenvalue weighted by Gasteiger charge is -2.21. The maximum Gasteiger partial charge on any atom is 0.341 e. The van der Waals surface area contributed by atoms with Gasteiger partial charge in [-0.2, -0.15) is 4.31 Å². The van der Waals surface area contributed by atoms with E-state index in [1.807, 2.05) is 6.92 Å². The van der Waals surface area contributed by atoms with E-state index < -0.39 is 28.4 Å². The highest BCUT2D eigenvalue weighted by molar-refractivity contribution is 7.91. The topological polar surface area (TPSA) is 93.1 Å². The number of thiophene rings is 1. The third-order valence-corrected chi connectivity index (χ3v) is 8.78. The van der Waals surface area contributed by atoms with E-state index in [1.165, 1.54) is 16.4 Å². The van der Waals surface area contributed by atoms with Crippen molar-refractivity contribution in [1.29, 1.82) is 0 Å². The van der Waals surface area contributed by atoms with Gasteiger partial charge < -0.3 is 14.6 Å². The van der Waals surface area contributed by atoms with Gasteiger partial charge in [-0.05, 0) is 73.2 Å². The Hall–Kier alpha value is -2.69. The van der Waals surface area contributed by atoms with E-state index in [1.54, 1.807) is 38.1 Å². The molecule has 0 unspecified atom stereocenters. The fourth-order valence-electron chi connectivity index (χ4n) is 3.41. The number of ether oxygens (including phenoxy) is 2. The quantitative estimate of drug-likeness (QED) is 0.418. The molecule has 178 valence electrons. The molecule has 10 heteroatoms. The number of fused-ring (bicyclic) bond motifs is 1. The van der Waals surface area contributed by atoms with Crippen LogP contribution in [-0.2, 0) is 14.8 Å². The number of rotatable bonds is 11. The number of benzene rings is 2. The zero-order valence-electron chi connectivity index (χ0n) is 18.6. The summed E-state index contributed by atoms with van der Waals surface area (Å²) in [7, 11) is -3.78. The van der Waals surface area contributed by atoms with Crippen LogP contribution in [-0.4, -0.2) is 50.1 Å². The van der Waals surface area contributed by atoms with Crippen molar-refractivity contribution in [2.75, 3.05) is 26.3 Å². The molecule has 1 N–H and O–H groups in total. The van der Waals surface area contributed by atoms with Crippen LogP contribution in [0.25, 0.3) is 10.1 Å². The second-order valence-electron chi connectivity index (χ2n) is 7.52. The highest BCUT2D eigenvalue weighted by Gasteiger charge is 2.28. The Morgan fingerprint density at radius 3 is 2.55 bits per heavy atom. The van der Waals surface area contributed by atoms with E-state index in [-0.39, 0.29) is 17.4 Å². The Balaban J connectivity index is 1.73. The maximum absolute atomic E-state index is 13.7. The molecule has 1 heterocycles. The number of carboxylic acids is 1. The fourth-order valence-corrected chi connectivity index (χ4v) is 6.81. The molecule has 0 atom stereocenters. The predicted octanol–water partition coefficient (Wildman–Crippen LogP) is 4.60. The highest BCUT2D eigenvalue weighted by atomic mass is 32.2. The van der Waals surface area contributed by atoms with Crippen LogP contribution in [0.1, 0.15) is 24.5 Å². The number of nitrogens with zero attached hydrogens (tertiary/aromatic N) is 1. The lowest BCUT2D eigenvalue weighted by molar-refractivity contribution is -0.139. The van der Waals surface area contributed by atoms with Crippen molar-refractivity contribution in [3.63, 3.8) is 0 Å². The maximum atomic E-state index is 13.7. The van der Waals surface area contributed by atoms with Gasteiger partial charge in [-0.15, -0.1) is 11.3 Å². The van der Waals surface area contributed by atoms with E-state index in [9.17, 15) is 17.6 Å². The van der Waals surface area contributed by atoms with Gasteiger partial charge in [0.25, 0.3) is 10.0 Å². The molecule has 2 aromatic carbocycles. The molecule has 0 bridgehead atoms. The standard InChI is InChI=1S/C23H26FNO6S2/c1-4-9-25(10-11-30-18-6-7-20(15(2)12-18)31-14-22(26)27)33(28,29)23-16(3)19-13-17(24)5-8-21(19)32-23/h5-8,12-13H,4,9-11,14H2,1-3H3,(H,26,27). The second-order valence-corrected chi connectivity index (χ2v) is 10.7. The molecule has 0 radical (unpaired) electrons. The van der Waals surface area contributed by atoms with E-state index in [2.05, 4.69) is 0 Å². The molecule has 0 aliphatic carbocycles. The lowest BCUT2D eigenvalue weighted by atomic mass is 10.2. The number of hydrogen-bond donors (Lipinski definition) is 1. The van der Waals surface area contributed by atoms with Crippen LogP contribution < -0.4 is 9.47 Å². The third-order valence-electron chi connectivity index (χ3n) is 5.01. The number of sulfonamides is 1. The number of carboxylic acid groups (broad SMARTS) is 1. The first kappa shape index (κ1) is 24.9. The van der Waals surface area contributed by atoms with Gasteiger partial charge in [-0.1, -0.05) is 6.92 Å². The summed E-state index contributed by atoms with van der Waals surface area (Å²) in [4.78, 5) is 10.7. The summed E-state index contributed by atoms with van der Waals surface area (Å²) in [5.74, 6) is -0.499. The van der Waals surface area contributed by atoms with Gasteiger partial charge in [0.05, 0.1) is 0 Å². The lowest BCUT2D eigenvalue weighted by Crippen LogP contribution is -2.35. The van der Waals surface area contributed by atoms with Gasteiger partial charge in [0.2, 0.25) is 0 Å². The first-order valence-electron chi connectivity index (χ1n) is 10.4. The summed E-state index contributed by atoms with van der Waals surface area (Å²) >= 11 is 1.14. The van der Waals surface area contributed by atoms with Crippen LogP contribution in [0.4, 0.5) is 4.39 Å². The van der Waals surface area contributed by atoms with Crippen molar-refractivity contribution in [2.45, 2.75) is 31.4 Å². The first-order valence-corrected chi connectivity index (χ1v) is 12.7. The summed E-state index contributed by atoms with van der Waals surface area (Å²) in [6.45, 7) is 5.54. The summed E-state index contributed by atoms with van der Waals surface area (Å²) in [5.41, 5.74) is 1.25. The number of carbonyl (C=O) groups is 1. The second kappa shape index (κ2) is 10.5. The number of aliphatic carboxylic acids is 1. The van der Waals surface area contributed by atoms with Crippen LogP contribution >= 0.6 is 11.3 Å². The molecule has 7 nitrogen and oxygen atoms in total. The Morgan fingerprint density at radius 2 is 1.88 bits per heavy atom. The van der Waals surface area contributed by atoms with Crippen LogP contribution in [0.5, 0.6) is 11.5 Å². The molecule has 1 aromatic heterocycles. The number of aryl methyl sites for hydroxylation is 2. The van der Waals surface area contributed by atoms with E-state index >= 15 is 0 Å². The van der Waals surface area contributed by atoms with Crippen molar-refractivity contribution in [3.05, 3.63) is 53.3 Å². The molecule has 0 fully saturated rings. The van der Waals surface area contributed by atoms with Crippen LogP contribution in [0.15, 0.2) is 40.6 Å². The van der Waals surface area contributed by atoms with Crippen molar-refractivity contribution >= 4 is 37.4 Å². The predicted molar refractivity (Wildman–Crippen MR) is 125 cm³/mol. The summed E-state index contributed by atoms with van der Waals surface area (Å²) in [6.07, 6.45) is 0.631. The minimum atomic E-state index is -3.78. The molecule has 0 aliphatic rings. The number of halogens is 1. The average molecular weight is 496 g/mol. The molecule has 0 saturated heterocycles. The van der Waals surface area contributed by atoms with Gasteiger partial charge in [0.1, 0.15) is 28.1 Å². The molecule has 0 saturated carbocycles. The molecular weight excluding hydrogens is 469 g/mol. The Bertz CT molecular complexity index is 1260.